The number of anilines is 1. The summed E-state index contributed by atoms with van der Waals surface area (Å²) in [6.07, 6.45) is -0.308. The summed E-state index contributed by atoms with van der Waals surface area (Å²) in [6.45, 7) is -0.673. The number of thiocarbonyl (C=S) groups is 1. The van der Waals surface area contributed by atoms with E-state index in [1.165, 1.54) is 35.2 Å². The van der Waals surface area contributed by atoms with Gasteiger partial charge in [0.1, 0.15) is 23.3 Å². The number of fused-ring (bicyclic) bond motifs is 1. The van der Waals surface area contributed by atoms with E-state index in [1.54, 1.807) is 12.1 Å². The zero-order valence-corrected chi connectivity index (χ0v) is 20.2. The molecule has 4 rings (SSSR count). The number of benzene rings is 2. The second-order valence-electron chi connectivity index (χ2n) is 7.51. The Morgan fingerprint density at radius 1 is 1.09 bits per heavy atom. The van der Waals surface area contributed by atoms with Crippen LogP contribution in [0.2, 0.25) is 5.02 Å². The van der Waals surface area contributed by atoms with Crippen molar-refractivity contribution in [2.75, 3.05) is 18.0 Å². The van der Waals surface area contributed by atoms with Gasteiger partial charge >= 0.3 is 11.9 Å². The minimum atomic E-state index is -1.09. The van der Waals surface area contributed by atoms with Crippen LogP contribution >= 0.6 is 35.6 Å². The van der Waals surface area contributed by atoms with Crippen molar-refractivity contribution in [3.63, 3.8) is 0 Å². The van der Waals surface area contributed by atoms with E-state index in [0.29, 0.717) is 21.8 Å². The molecule has 1 fully saturated rings. The first-order chi connectivity index (χ1) is 16.7. The molecule has 0 aromatic heterocycles. The second kappa shape index (κ2) is 10.1. The first-order valence-electron chi connectivity index (χ1n) is 10.2. The molecule has 0 aliphatic carbocycles. The summed E-state index contributed by atoms with van der Waals surface area (Å²) in [5, 5.41) is 9.25. The van der Waals surface area contributed by atoms with Gasteiger partial charge in [-0.25, -0.2) is 4.39 Å². The van der Waals surface area contributed by atoms with Crippen LogP contribution in [0.15, 0.2) is 47.4 Å². The maximum absolute atomic E-state index is 13.4. The second-order valence-corrected chi connectivity index (χ2v) is 9.59. The fourth-order valence-electron chi connectivity index (χ4n) is 3.55. The number of carboxylic acid groups (broad SMARTS) is 1. The van der Waals surface area contributed by atoms with Gasteiger partial charge in [-0.1, -0.05) is 47.7 Å². The number of rotatable bonds is 7. The number of carbonyl (C=O) groups is 4. The highest BCUT2D eigenvalue weighted by Gasteiger charge is 2.42. The molecule has 180 valence electrons. The molecule has 2 heterocycles. The Morgan fingerprint density at radius 3 is 2.49 bits per heavy atom. The van der Waals surface area contributed by atoms with Crippen LogP contribution in [0.5, 0.6) is 0 Å². The molecule has 12 heteroatoms. The third kappa shape index (κ3) is 5.21. The fraction of sp³-hybridized carbons (Fsp3) is 0.174. The normalized spacial score (nSPS) is 17.3. The maximum atomic E-state index is 13.4. The summed E-state index contributed by atoms with van der Waals surface area (Å²) >= 11 is 12.3. The molecule has 0 radical (unpaired) electrons. The number of hydrogen-bond donors (Lipinski definition) is 1. The summed E-state index contributed by atoms with van der Waals surface area (Å²) < 4.78 is 18.4. The highest BCUT2D eigenvalue weighted by Crippen LogP contribution is 2.45. The molecule has 0 saturated carbocycles. The molecule has 2 aromatic carbocycles. The van der Waals surface area contributed by atoms with Crippen LogP contribution in [0.1, 0.15) is 17.5 Å². The van der Waals surface area contributed by atoms with Crippen molar-refractivity contribution in [1.82, 2.24) is 4.90 Å². The maximum Gasteiger partial charge on any atom is 0.326 e. The van der Waals surface area contributed by atoms with E-state index in [-0.39, 0.29) is 34.4 Å². The van der Waals surface area contributed by atoms with Gasteiger partial charge in [-0.3, -0.25) is 29.0 Å². The molecule has 0 spiro atoms. The minimum absolute atomic E-state index is 0.0315. The average molecular weight is 535 g/mol. The van der Waals surface area contributed by atoms with Crippen molar-refractivity contribution in [3.8, 4) is 0 Å². The summed E-state index contributed by atoms with van der Waals surface area (Å²) in [5.74, 6) is -3.42. The van der Waals surface area contributed by atoms with Gasteiger partial charge in [-0.05, 0) is 35.9 Å². The first kappa shape index (κ1) is 24.8. The highest BCUT2D eigenvalue weighted by molar-refractivity contribution is 8.26. The summed E-state index contributed by atoms with van der Waals surface area (Å²) in [6, 6.07) is 10.1. The van der Waals surface area contributed by atoms with Crippen molar-refractivity contribution in [3.05, 3.63) is 69.3 Å². The van der Waals surface area contributed by atoms with Gasteiger partial charge in [-0.15, -0.1) is 0 Å². The molecule has 1 saturated heterocycles. The standard InChI is InChI=1S/C23H16ClFN2O6S2/c24-13-3-6-16-15(9-13)19(20-22(32)26(23(34)35-20)8-7-17(28)29)21(31)27(16)10-18(30)33-11-12-1-4-14(25)5-2-12/h1-6,9H,7-8,10-11H2,(H,28,29)/b20-19-. The van der Waals surface area contributed by atoms with Crippen LogP contribution in [0.25, 0.3) is 5.57 Å². The zero-order chi connectivity index (χ0) is 25.3. The Labute approximate surface area is 213 Å². The lowest BCUT2D eigenvalue weighted by molar-refractivity contribution is -0.144. The molecule has 2 aromatic rings. The Hall–Kier alpha value is -3.28. The molecular formula is C23H16ClFN2O6S2. The van der Waals surface area contributed by atoms with E-state index in [0.717, 1.165) is 16.7 Å². The Bertz CT molecular complexity index is 1300. The van der Waals surface area contributed by atoms with Gasteiger partial charge in [0, 0.05) is 17.1 Å². The third-order valence-electron chi connectivity index (χ3n) is 5.20. The highest BCUT2D eigenvalue weighted by atomic mass is 35.5. The van der Waals surface area contributed by atoms with Gasteiger partial charge in [0.15, 0.2) is 0 Å². The Balaban J connectivity index is 1.59. The first-order valence-corrected chi connectivity index (χ1v) is 11.8. The number of nitrogens with zero attached hydrogens (tertiary/aromatic N) is 2. The molecule has 0 bridgehead atoms. The number of ether oxygens (including phenoxy) is 1. The van der Waals surface area contributed by atoms with Crippen LogP contribution in [-0.4, -0.2) is 51.2 Å². The smallest absolute Gasteiger partial charge is 0.326 e. The average Bonchev–Trinajstić information content (AvgIpc) is 3.23. The van der Waals surface area contributed by atoms with E-state index in [4.69, 9.17) is 33.7 Å². The van der Waals surface area contributed by atoms with Crippen LogP contribution in [-0.2, 0) is 30.5 Å². The lowest BCUT2D eigenvalue weighted by atomic mass is 10.1. The summed E-state index contributed by atoms with van der Waals surface area (Å²) in [4.78, 5) is 52.2. The summed E-state index contributed by atoms with van der Waals surface area (Å²) in [7, 11) is 0. The van der Waals surface area contributed by atoms with Crippen molar-refractivity contribution in [2.24, 2.45) is 0 Å². The molecule has 1 N–H and O–H groups in total. The molecule has 2 amide bonds. The Kier molecular flexibility index (Phi) is 7.20. The Morgan fingerprint density at radius 2 is 1.80 bits per heavy atom. The van der Waals surface area contributed by atoms with E-state index >= 15 is 0 Å². The summed E-state index contributed by atoms with van der Waals surface area (Å²) in [5.41, 5.74) is 1.32. The lowest BCUT2D eigenvalue weighted by Gasteiger charge is -2.16. The van der Waals surface area contributed by atoms with Gasteiger partial charge in [0.2, 0.25) is 0 Å². The fourth-order valence-corrected chi connectivity index (χ4v) is 5.10. The third-order valence-corrected chi connectivity index (χ3v) is 6.89. The number of halogens is 2. The minimum Gasteiger partial charge on any atom is -0.481 e. The van der Waals surface area contributed by atoms with Crippen LogP contribution in [0.4, 0.5) is 10.1 Å². The quantitative estimate of drug-likeness (QED) is 0.326. The van der Waals surface area contributed by atoms with Crippen molar-refractivity contribution in [2.45, 2.75) is 13.0 Å². The number of esters is 1. The molecule has 2 aliphatic heterocycles. The van der Waals surface area contributed by atoms with Crippen LogP contribution < -0.4 is 4.90 Å². The van der Waals surface area contributed by atoms with Gasteiger partial charge in [0.05, 0.1) is 22.6 Å². The SMILES string of the molecule is O=C(O)CCN1C(=O)/C(=C2/C(=O)N(CC(=O)OCc3ccc(F)cc3)c3ccc(Cl)cc32)SC1=S. The molecule has 0 unspecified atom stereocenters. The monoisotopic (exact) mass is 534 g/mol. The van der Waals surface area contributed by atoms with E-state index in [9.17, 15) is 23.6 Å². The van der Waals surface area contributed by atoms with Crippen LogP contribution in [0, 0.1) is 5.82 Å². The molecular weight excluding hydrogens is 519 g/mol. The number of aliphatic carboxylic acids is 1. The predicted molar refractivity (Wildman–Crippen MR) is 131 cm³/mol. The lowest BCUT2D eigenvalue weighted by Crippen LogP contribution is -2.34. The van der Waals surface area contributed by atoms with E-state index in [2.05, 4.69) is 0 Å². The number of hydrogen-bond acceptors (Lipinski definition) is 7. The molecule has 0 atom stereocenters. The van der Waals surface area contributed by atoms with Gasteiger partial charge < -0.3 is 9.84 Å². The largest absolute Gasteiger partial charge is 0.481 e. The van der Waals surface area contributed by atoms with Crippen LogP contribution in [0.3, 0.4) is 0 Å². The van der Waals surface area contributed by atoms with E-state index in [1.807, 2.05) is 0 Å². The zero-order valence-electron chi connectivity index (χ0n) is 17.8. The van der Waals surface area contributed by atoms with Crippen molar-refractivity contribution < 1.29 is 33.4 Å². The van der Waals surface area contributed by atoms with Crippen molar-refractivity contribution in [1.29, 1.82) is 0 Å². The molecule has 35 heavy (non-hydrogen) atoms. The number of amides is 2. The number of thioether (sulfide) groups is 1. The topological polar surface area (TPSA) is 104 Å². The predicted octanol–water partition coefficient (Wildman–Crippen LogP) is 3.62. The van der Waals surface area contributed by atoms with Crippen molar-refractivity contribution >= 4 is 74.9 Å². The number of carboxylic acids is 1. The van der Waals surface area contributed by atoms with Gasteiger partial charge in [-0.2, -0.15) is 0 Å². The molecule has 2 aliphatic rings. The molecule has 8 nitrogen and oxygen atoms in total. The van der Waals surface area contributed by atoms with E-state index < -0.39 is 36.1 Å². The number of carbonyl (C=O) groups excluding carboxylic acids is 3. The van der Waals surface area contributed by atoms with Gasteiger partial charge in [0.25, 0.3) is 11.8 Å².